The van der Waals surface area contributed by atoms with Gasteiger partial charge in [0.2, 0.25) is 0 Å². The number of thiazole rings is 1. The van der Waals surface area contributed by atoms with Crippen LogP contribution in [0, 0.1) is 20.2 Å². The Kier molecular flexibility index (Phi) is 6.04. The lowest BCUT2D eigenvalue weighted by Gasteiger charge is -2.31. The summed E-state index contributed by atoms with van der Waals surface area (Å²) in [5.41, 5.74) is 0.527. The van der Waals surface area contributed by atoms with Crippen LogP contribution in [0.5, 0.6) is 0 Å². The van der Waals surface area contributed by atoms with E-state index < -0.39 is 27.1 Å². The Morgan fingerprint density at radius 2 is 1.47 bits per heavy atom. The third-order valence-corrected chi connectivity index (χ3v) is 8.65. The summed E-state index contributed by atoms with van der Waals surface area (Å²) in [7, 11) is 0. The number of aromatic nitrogens is 1. The molecule has 38 heavy (non-hydrogen) atoms. The molecule has 12 heteroatoms. The highest BCUT2D eigenvalue weighted by Gasteiger charge is 2.34. The zero-order valence-electron chi connectivity index (χ0n) is 19.7. The molecule has 0 saturated carbocycles. The highest BCUT2D eigenvalue weighted by molar-refractivity contribution is 7.99. The van der Waals surface area contributed by atoms with E-state index in [9.17, 15) is 25.0 Å². The van der Waals surface area contributed by atoms with E-state index in [4.69, 9.17) is 0 Å². The molecule has 190 valence electrons. The Hall–Kier alpha value is -4.29. The lowest BCUT2D eigenvalue weighted by molar-refractivity contribution is -0.392. The van der Waals surface area contributed by atoms with Crippen molar-refractivity contribution in [3.63, 3.8) is 0 Å². The van der Waals surface area contributed by atoms with Crippen LogP contribution in [0.4, 0.5) is 33.6 Å². The number of aryl methyl sites for hydroxylation is 2. The average molecular weight is 546 g/mol. The number of nitro groups is 2. The van der Waals surface area contributed by atoms with Gasteiger partial charge in [0.1, 0.15) is 0 Å². The molecule has 1 aliphatic carbocycles. The summed E-state index contributed by atoms with van der Waals surface area (Å²) in [6.07, 6.45) is 3.72. The number of nitrogens with zero attached hydrogens (tertiary/aromatic N) is 4. The molecule has 0 bridgehead atoms. The molecular formula is C26H19N5O5S2. The molecule has 0 atom stereocenters. The van der Waals surface area contributed by atoms with Crippen molar-refractivity contribution in [2.24, 2.45) is 0 Å². The van der Waals surface area contributed by atoms with Crippen LogP contribution in [0.3, 0.4) is 0 Å². The van der Waals surface area contributed by atoms with Gasteiger partial charge in [-0.25, -0.2) is 4.98 Å². The van der Waals surface area contributed by atoms with Crippen molar-refractivity contribution < 1.29 is 14.6 Å². The number of rotatable bonds is 5. The molecule has 10 nitrogen and oxygen atoms in total. The van der Waals surface area contributed by atoms with Crippen molar-refractivity contribution in [1.82, 2.24) is 4.98 Å². The summed E-state index contributed by atoms with van der Waals surface area (Å²) in [5, 5.41) is 27.4. The smallest absolute Gasteiger partial charge is 0.300 e. The third-order valence-electron chi connectivity index (χ3n) is 6.45. The third kappa shape index (κ3) is 4.17. The standard InChI is InChI=1S/C26H19N5O5S2/c32-25(29-17-8-2-5-11-22(17)37-23-12-6-3-9-18(23)29)15-13-19(30(33)34)24(20(14-15)31(35)36)28-26-27-16-7-1-4-10-21(16)38-26/h2-3,5-6,8-9,11-14H,1,4,7,10H2,(H,27,28). The van der Waals surface area contributed by atoms with Crippen molar-refractivity contribution in [3.05, 3.63) is 97.0 Å². The highest BCUT2D eigenvalue weighted by Crippen LogP contribution is 2.49. The highest BCUT2D eigenvalue weighted by atomic mass is 32.2. The first-order valence-corrected chi connectivity index (χ1v) is 13.5. The fourth-order valence-corrected chi connectivity index (χ4v) is 6.83. The van der Waals surface area contributed by atoms with E-state index in [1.807, 2.05) is 24.3 Å². The second kappa shape index (κ2) is 9.54. The zero-order valence-corrected chi connectivity index (χ0v) is 21.4. The number of fused-ring (bicyclic) bond motifs is 3. The van der Waals surface area contributed by atoms with Gasteiger partial charge >= 0.3 is 11.4 Å². The van der Waals surface area contributed by atoms with E-state index in [0.717, 1.165) is 58.2 Å². The van der Waals surface area contributed by atoms with E-state index >= 15 is 0 Å². The minimum Gasteiger partial charge on any atom is -0.320 e. The van der Waals surface area contributed by atoms with Gasteiger partial charge in [-0.05, 0) is 49.9 Å². The van der Waals surface area contributed by atoms with Crippen molar-refractivity contribution in [2.75, 3.05) is 10.2 Å². The van der Waals surface area contributed by atoms with Crippen LogP contribution in [-0.4, -0.2) is 20.7 Å². The van der Waals surface area contributed by atoms with Crippen LogP contribution in [0.1, 0.15) is 33.8 Å². The maximum atomic E-state index is 13.9. The number of hydrogen-bond donors (Lipinski definition) is 1. The number of amides is 1. The molecule has 0 saturated heterocycles. The Bertz CT molecular complexity index is 1530. The molecule has 1 N–H and O–H groups in total. The molecule has 1 aromatic heterocycles. The Morgan fingerprint density at radius 1 is 0.895 bits per heavy atom. The number of carbonyl (C=O) groups excluding carboxylic acids is 1. The maximum Gasteiger partial charge on any atom is 0.300 e. The second-order valence-corrected chi connectivity index (χ2v) is 11.0. The van der Waals surface area contributed by atoms with Crippen molar-refractivity contribution in [2.45, 2.75) is 35.5 Å². The van der Waals surface area contributed by atoms with Crippen molar-refractivity contribution in [1.29, 1.82) is 0 Å². The number of carbonyl (C=O) groups is 1. The van der Waals surface area contributed by atoms with E-state index in [1.54, 1.807) is 24.3 Å². The molecule has 2 aliphatic rings. The average Bonchev–Trinajstić information content (AvgIpc) is 3.33. The summed E-state index contributed by atoms with van der Waals surface area (Å²) >= 11 is 2.85. The van der Waals surface area contributed by atoms with Gasteiger partial charge in [-0.15, -0.1) is 11.3 Å². The molecule has 4 aromatic rings. The lowest BCUT2D eigenvalue weighted by atomic mass is 10.0. The Labute approximate surface area is 224 Å². The number of hydrogen-bond acceptors (Lipinski definition) is 9. The minimum absolute atomic E-state index is 0.163. The summed E-state index contributed by atoms with van der Waals surface area (Å²) in [6.45, 7) is 0. The van der Waals surface area contributed by atoms with E-state index in [-0.39, 0.29) is 11.3 Å². The van der Waals surface area contributed by atoms with Crippen LogP contribution < -0.4 is 10.2 Å². The van der Waals surface area contributed by atoms with E-state index in [2.05, 4.69) is 10.3 Å². The Morgan fingerprint density at radius 3 is 2.05 bits per heavy atom. The molecule has 1 aliphatic heterocycles. The number of para-hydroxylation sites is 2. The molecule has 3 aromatic carbocycles. The molecule has 2 heterocycles. The number of nitro benzene ring substituents is 2. The van der Waals surface area contributed by atoms with E-state index in [0.29, 0.717) is 16.5 Å². The fourth-order valence-electron chi connectivity index (χ4n) is 4.72. The fraction of sp³-hybridized carbons (Fsp3) is 0.154. The number of benzene rings is 3. The molecule has 0 unspecified atom stereocenters. The predicted octanol–water partition coefficient (Wildman–Crippen LogP) is 7.03. The van der Waals surface area contributed by atoms with Gasteiger partial charge in [0.25, 0.3) is 5.91 Å². The summed E-state index contributed by atoms with van der Waals surface area (Å²) in [5.74, 6) is -0.604. The van der Waals surface area contributed by atoms with Crippen LogP contribution in [0.25, 0.3) is 0 Å². The lowest BCUT2D eigenvalue weighted by Crippen LogP contribution is -2.28. The topological polar surface area (TPSA) is 132 Å². The van der Waals surface area contributed by atoms with Gasteiger partial charge in [-0.2, -0.15) is 0 Å². The first kappa shape index (κ1) is 24.1. The quantitative estimate of drug-likeness (QED) is 0.209. The van der Waals surface area contributed by atoms with Gasteiger partial charge in [0.15, 0.2) is 10.8 Å². The van der Waals surface area contributed by atoms with Gasteiger partial charge in [0.05, 0.1) is 32.5 Å². The molecular weight excluding hydrogens is 526 g/mol. The zero-order chi connectivity index (χ0) is 26.4. The van der Waals surface area contributed by atoms with Gasteiger partial charge < -0.3 is 5.32 Å². The van der Waals surface area contributed by atoms with Crippen LogP contribution in [-0.2, 0) is 12.8 Å². The van der Waals surface area contributed by atoms with Crippen molar-refractivity contribution >= 4 is 62.6 Å². The number of anilines is 4. The molecule has 1 amide bonds. The van der Waals surface area contributed by atoms with Crippen molar-refractivity contribution in [3.8, 4) is 0 Å². The van der Waals surface area contributed by atoms with E-state index in [1.165, 1.54) is 28.0 Å². The molecule has 0 radical (unpaired) electrons. The summed E-state index contributed by atoms with van der Waals surface area (Å²) in [6, 6.07) is 16.8. The second-order valence-electron chi connectivity index (χ2n) is 8.80. The van der Waals surface area contributed by atoms with Gasteiger partial charge in [-0.1, -0.05) is 36.0 Å². The first-order valence-electron chi connectivity index (χ1n) is 11.8. The first-order chi connectivity index (χ1) is 18.4. The van der Waals surface area contributed by atoms with Gasteiger partial charge in [0, 0.05) is 26.8 Å². The monoisotopic (exact) mass is 545 g/mol. The van der Waals surface area contributed by atoms with Crippen LogP contribution >= 0.6 is 23.1 Å². The summed E-state index contributed by atoms with van der Waals surface area (Å²) in [4.78, 5) is 45.4. The summed E-state index contributed by atoms with van der Waals surface area (Å²) < 4.78 is 0. The Balaban J connectivity index is 1.46. The maximum absolute atomic E-state index is 13.9. The van der Waals surface area contributed by atoms with Crippen LogP contribution in [0.2, 0.25) is 0 Å². The van der Waals surface area contributed by atoms with Gasteiger partial charge in [-0.3, -0.25) is 29.9 Å². The number of nitrogens with one attached hydrogen (secondary N) is 1. The SMILES string of the molecule is O=C(c1cc([N+](=O)[O-])c(Nc2nc3c(s2)CCCC3)c([N+](=O)[O-])c1)N1c2ccccc2Sc2ccccc21. The largest absolute Gasteiger partial charge is 0.320 e. The normalized spacial score (nSPS) is 13.7. The minimum atomic E-state index is -0.715. The predicted molar refractivity (Wildman–Crippen MR) is 145 cm³/mol. The van der Waals surface area contributed by atoms with Crippen LogP contribution in [0.15, 0.2) is 70.5 Å². The molecule has 6 rings (SSSR count). The molecule has 0 fully saturated rings. The molecule has 0 spiro atoms.